The minimum atomic E-state index is 0.484. The third kappa shape index (κ3) is 2.33. The number of nitrogens with one attached hydrogen (secondary N) is 1. The Bertz CT molecular complexity index is 410. The van der Waals surface area contributed by atoms with Crippen molar-refractivity contribution in [2.75, 3.05) is 12.8 Å². The molecule has 1 aliphatic carbocycles. The Morgan fingerprint density at radius 1 is 1.35 bits per heavy atom. The van der Waals surface area contributed by atoms with Gasteiger partial charge in [-0.05, 0) is 50.1 Å². The number of hydrogen-bond acceptors (Lipinski definition) is 3. The van der Waals surface area contributed by atoms with E-state index < -0.39 is 0 Å². The van der Waals surface area contributed by atoms with E-state index in [1.54, 1.807) is 16.0 Å². The van der Waals surface area contributed by atoms with E-state index in [9.17, 15) is 0 Å². The maximum atomic E-state index is 3.50. The summed E-state index contributed by atoms with van der Waals surface area (Å²) in [5.41, 5.74) is 3.21. The summed E-state index contributed by atoms with van der Waals surface area (Å²) in [4.78, 5) is 3.17. The Morgan fingerprint density at radius 3 is 3.00 bits per heavy atom. The molecule has 0 saturated heterocycles. The average molecular weight is 265 g/mol. The van der Waals surface area contributed by atoms with Gasteiger partial charge in [-0.25, -0.2) is 0 Å². The number of thioether (sulfide) groups is 1. The van der Waals surface area contributed by atoms with Gasteiger partial charge in [0, 0.05) is 15.5 Å². The number of rotatable bonds is 3. The Hall–Kier alpha value is -0.250. The van der Waals surface area contributed by atoms with Gasteiger partial charge in [0.1, 0.15) is 0 Å². The van der Waals surface area contributed by atoms with Crippen molar-refractivity contribution >= 4 is 23.1 Å². The van der Waals surface area contributed by atoms with E-state index in [1.807, 2.05) is 11.3 Å². The first-order chi connectivity index (χ1) is 8.38. The first-order valence-corrected chi connectivity index (χ1v) is 8.41. The third-order valence-corrected chi connectivity index (χ3v) is 5.98. The highest BCUT2D eigenvalue weighted by Gasteiger charge is 2.22. The molecule has 1 aromatic heterocycles. The van der Waals surface area contributed by atoms with Gasteiger partial charge in [0.25, 0.3) is 0 Å². The number of allylic oxidation sites excluding steroid dienone is 1. The predicted molar refractivity (Wildman–Crippen MR) is 77.9 cm³/mol. The molecule has 0 fully saturated rings. The molecule has 0 saturated carbocycles. The zero-order chi connectivity index (χ0) is 11.7. The summed E-state index contributed by atoms with van der Waals surface area (Å²) in [7, 11) is 2.09. The van der Waals surface area contributed by atoms with Gasteiger partial charge < -0.3 is 5.32 Å². The van der Waals surface area contributed by atoms with Crippen LogP contribution in [-0.2, 0) is 12.2 Å². The molecule has 0 aromatic carbocycles. The van der Waals surface area contributed by atoms with Crippen molar-refractivity contribution in [2.45, 2.75) is 37.5 Å². The number of fused-ring (bicyclic) bond motifs is 1. The summed E-state index contributed by atoms with van der Waals surface area (Å²) in [5.74, 6) is 2.53. The van der Waals surface area contributed by atoms with Crippen LogP contribution in [0.5, 0.6) is 0 Å². The number of hydrogen-bond donors (Lipinski definition) is 1. The van der Waals surface area contributed by atoms with E-state index in [-0.39, 0.29) is 0 Å². The zero-order valence-electron chi connectivity index (χ0n) is 10.3. The smallest absolute Gasteiger partial charge is 0.0628 e. The van der Waals surface area contributed by atoms with Crippen LogP contribution >= 0.6 is 23.1 Å². The fraction of sp³-hybridized carbons (Fsp3) is 0.571. The lowest BCUT2D eigenvalue weighted by Gasteiger charge is -2.15. The molecule has 0 bridgehead atoms. The fourth-order valence-electron chi connectivity index (χ4n) is 2.78. The molecule has 0 spiro atoms. The van der Waals surface area contributed by atoms with Gasteiger partial charge in [-0.1, -0.05) is 11.6 Å². The van der Waals surface area contributed by atoms with Crippen LogP contribution in [0.3, 0.4) is 0 Å². The van der Waals surface area contributed by atoms with Crippen molar-refractivity contribution in [1.82, 2.24) is 5.32 Å². The highest BCUT2D eigenvalue weighted by Crippen LogP contribution is 2.38. The number of aryl methyl sites for hydroxylation is 1. The molecular formula is C14H19NS2. The van der Waals surface area contributed by atoms with Crippen LogP contribution in [0, 0.1) is 0 Å². The zero-order valence-corrected chi connectivity index (χ0v) is 11.9. The van der Waals surface area contributed by atoms with E-state index in [2.05, 4.69) is 36.3 Å². The first-order valence-electron chi connectivity index (χ1n) is 6.44. The summed E-state index contributed by atoms with van der Waals surface area (Å²) < 4.78 is 0. The highest BCUT2D eigenvalue weighted by molar-refractivity contribution is 7.98. The molecule has 0 amide bonds. The van der Waals surface area contributed by atoms with Crippen LogP contribution in [0.4, 0.5) is 0 Å². The third-order valence-electron chi connectivity index (χ3n) is 3.67. The second-order valence-electron chi connectivity index (χ2n) is 4.79. The van der Waals surface area contributed by atoms with Crippen molar-refractivity contribution in [3.05, 3.63) is 33.0 Å². The molecule has 17 heavy (non-hydrogen) atoms. The van der Waals surface area contributed by atoms with Gasteiger partial charge in [0.05, 0.1) is 6.04 Å². The molecule has 3 heteroatoms. The van der Waals surface area contributed by atoms with Gasteiger partial charge in [-0.3, -0.25) is 0 Å². The molecule has 2 heterocycles. The molecule has 1 aliphatic heterocycles. The Kier molecular flexibility index (Phi) is 3.59. The van der Waals surface area contributed by atoms with Crippen LogP contribution in [0.2, 0.25) is 0 Å². The number of likely N-dealkylation sites (N-methyl/N-ethyl adjacent to an activating group) is 1. The van der Waals surface area contributed by atoms with Crippen molar-refractivity contribution in [2.24, 2.45) is 0 Å². The quantitative estimate of drug-likeness (QED) is 0.832. The summed E-state index contributed by atoms with van der Waals surface area (Å²) in [6, 6.07) is 2.94. The first kappa shape index (κ1) is 11.8. The molecule has 0 radical (unpaired) electrons. The largest absolute Gasteiger partial charge is 0.309 e. The van der Waals surface area contributed by atoms with Crippen molar-refractivity contribution in [3.63, 3.8) is 0 Å². The van der Waals surface area contributed by atoms with Gasteiger partial charge >= 0.3 is 0 Å². The molecule has 1 N–H and O–H groups in total. The lowest BCUT2D eigenvalue weighted by Crippen LogP contribution is -2.16. The highest BCUT2D eigenvalue weighted by atomic mass is 32.2. The normalized spacial score (nSPS) is 21.1. The van der Waals surface area contributed by atoms with E-state index in [1.165, 1.54) is 42.1 Å². The SMILES string of the molecule is CNC(C1=CCCC1)c1cc2c(s1)CCSC2. The summed E-state index contributed by atoms with van der Waals surface area (Å²) in [6.45, 7) is 0. The minimum Gasteiger partial charge on any atom is -0.309 e. The Morgan fingerprint density at radius 2 is 2.29 bits per heavy atom. The summed E-state index contributed by atoms with van der Waals surface area (Å²) >= 11 is 4.11. The fourth-order valence-corrected chi connectivity index (χ4v) is 5.31. The average Bonchev–Trinajstić information content (AvgIpc) is 2.98. The molecule has 1 unspecified atom stereocenters. The molecule has 1 aromatic rings. The predicted octanol–water partition coefficient (Wildman–Crippen LogP) is 3.91. The molecule has 1 nitrogen and oxygen atoms in total. The molecule has 3 rings (SSSR count). The summed E-state index contributed by atoms with van der Waals surface area (Å²) in [6.07, 6.45) is 7.61. The lowest BCUT2D eigenvalue weighted by molar-refractivity contribution is 0.666. The van der Waals surface area contributed by atoms with Gasteiger partial charge in [0.2, 0.25) is 0 Å². The van der Waals surface area contributed by atoms with Gasteiger partial charge in [0.15, 0.2) is 0 Å². The molecule has 1 atom stereocenters. The van der Waals surface area contributed by atoms with Gasteiger partial charge in [-0.2, -0.15) is 11.8 Å². The van der Waals surface area contributed by atoms with Crippen LogP contribution in [0.15, 0.2) is 17.7 Å². The Balaban J connectivity index is 1.88. The monoisotopic (exact) mass is 265 g/mol. The maximum Gasteiger partial charge on any atom is 0.0628 e. The Labute approximate surface area is 112 Å². The lowest BCUT2D eigenvalue weighted by atomic mass is 10.0. The van der Waals surface area contributed by atoms with Crippen molar-refractivity contribution < 1.29 is 0 Å². The van der Waals surface area contributed by atoms with E-state index in [4.69, 9.17) is 0 Å². The van der Waals surface area contributed by atoms with Gasteiger partial charge in [-0.15, -0.1) is 11.3 Å². The van der Waals surface area contributed by atoms with Crippen molar-refractivity contribution in [3.8, 4) is 0 Å². The molecular weight excluding hydrogens is 246 g/mol. The van der Waals surface area contributed by atoms with E-state index in [0.717, 1.165) is 0 Å². The second-order valence-corrected chi connectivity index (χ2v) is 7.07. The standard InChI is InChI=1S/C14H19NS2/c1-15-14(10-4-2-3-5-10)13-8-11-9-16-7-6-12(11)17-13/h4,8,14-15H,2-3,5-7,9H2,1H3. The maximum absolute atomic E-state index is 3.50. The molecule has 92 valence electrons. The topological polar surface area (TPSA) is 12.0 Å². The van der Waals surface area contributed by atoms with Crippen molar-refractivity contribution in [1.29, 1.82) is 0 Å². The molecule has 2 aliphatic rings. The minimum absolute atomic E-state index is 0.484. The second kappa shape index (κ2) is 5.17. The number of thiophene rings is 1. The van der Waals surface area contributed by atoms with Crippen LogP contribution in [-0.4, -0.2) is 12.8 Å². The summed E-state index contributed by atoms with van der Waals surface area (Å²) in [5, 5.41) is 3.50. The van der Waals surface area contributed by atoms with E-state index >= 15 is 0 Å². The van der Waals surface area contributed by atoms with Crippen LogP contribution in [0.25, 0.3) is 0 Å². The van der Waals surface area contributed by atoms with Crippen LogP contribution < -0.4 is 5.32 Å². The van der Waals surface area contributed by atoms with Crippen LogP contribution in [0.1, 0.15) is 40.6 Å². The van der Waals surface area contributed by atoms with E-state index in [0.29, 0.717) is 6.04 Å².